The van der Waals surface area contributed by atoms with Crippen LogP contribution in [-0.2, 0) is 21.5 Å². The molecular weight excluding hydrogens is 270 g/mol. The number of carboxylic acid groups (broad SMARTS) is 1. The molecule has 0 aliphatic carbocycles. The molecule has 1 aromatic heterocycles. The van der Waals surface area contributed by atoms with E-state index in [1.165, 1.54) is 14.1 Å². The van der Waals surface area contributed by atoms with Crippen molar-refractivity contribution < 1.29 is 18.3 Å². The highest BCUT2D eigenvalue weighted by Gasteiger charge is 2.23. The van der Waals surface area contributed by atoms with Crippen LogP contribution in [0.5, 0.6) is 0 Å². The van der Waals surface area contributed by atoms with E-state index in [9.17, 15) is 13.2 Å². The molecule has 0 aliphatic rings. The third kappa shape index (κ3) is 4.58. The lowest BCUT2D eigenvalue weighted by Crippen LogP contribution is -2.40. The average molecular weight is 287 g/mol. The van der Waals surface area contributed by atoms with E-state index in [1.807, 2.05) is 0 Å². The molecule has 1 rings (SSSR count). The van der Waals surface area contributed by atoms with E-state index in [2.05, 4.69) is 4.98 Å². The van der Waals surface area contributed by atoms with Gasteiger partial charge in [-0.2, -0.15) is 17.0 Å². The quantitative estimate of drug-likeness (QED) is 0.771. The fourth-order valence-corrected chi connectivity index (χ4v) is 2.55. The van der Waals surface area contributed by atoms with Crippen molar-refractivity contribution in [1.82, 2.24) is 13.6 Å². The van der Waals surface area contributed by atoms with Crippen molar-refractivity contribution in [3.63, 3.8) is 0 Å². The molecule has 0 amide bonds. The van der Waals surface area contributed by atoms with E-state index < -0.39 is 16.2 Å². The van der Waals surface area contributed by atoms with Crippen molar-refractivity contribution in [2.45, 2.75) is 13.0 Å². The minimum Gasteiger partial charge on any atom is -0.481 e. The number of carboxylic acids is 1. The topological polar surface area (TPSA) is 90.8 Å². The van der Waals surface area contributed by atoms with Gasteiger partial charge in [-0.3, -0.25) is 9.78 Å². The smallest absolute Gasteiger partial charge is 0.304 e. The zero-order chi connectivity index (χ0) is 14.5. The molecule has 0 spiro atoms. The first-order valence-corrected chi connectivity index (χ1v) is 7.02. The van der Waals surface area contributed by atoms with Crippen LogP contribution in [-0.4, -0.2) is 53.7 Å². The molecule has 0 aromatic carbocycles. The minimum atomic E-state index is -3.66. The van der Waals surface area contributed by atoms with Gasteiger partial charge in [-0.25, -0.2) is 0 Å². The maximum Gasteiger partial charge on any atom is 0.304 e. The highest BCUT2D eigenvalue weighted by Crippen LogP contribution is 2.09. The SMILES string of the molecule is CN(CCC(=O)O)S(=O)(=O)N(C)Cc1cccnc1. The normalized spacial score (nSPS) is 12.0. The van der Waals surface area contributed by atoms with Crippen molar-refractivity contribution in [2.24, 2.45) is 0 Å². The van der Waals surface area contributed by atoms with Crippen molar-refractivity contribution >= 4 is 16.2 Å². The molecule has 0 saturated carbocycles. The number of hydrogen-bond donors (Lipinski definition) is 1. The lowest BCUT2D eigenvalue weighted by Gasteiger charge is -2.23. The molecule has 1 heterocycles. The number of pyridine rings is 1. The second-order valence-electron chi connectivity index (χ2n) is 4.09. The summed E-state index contributed by atoms with van der Waals surface area (Å²) in [5, 5.41) is 8.56. The Bertz CT molecular complexity index is 518. The third-order valence-electron chi connectivity index (χ3n) is 2.56. The minimum absolute atomic E-state index is 0.0605. The van der Waals surface area contributed by atoms with Crippen LogP contribution in [0.15, 0.2) is 24.5 Å². The molecule has 0 bridgehead atoms. The fourth-order valence-electron chi connectivity index (χ4n) is 1.44. The van der Waals surface area contributed by atoms with Crippen molar-refractivity contribution in [1.29, 1.82) is 0 Å². The molecule has 8 heteroatoms. The number of carbonyl (C=O) groups is 1. The molecule has 1 aromatic rings. The van der Waals surface area contributed by atoms with Crippen LogP contribution in [0.2, 0.25) is 0 Å². The highest BCUT2D eigenvalue weighted by atomic mass is 32.2. The second kappa shape index (κ2) is 6.60. The summed E-state index contributed by atoms with van der Waals surface area (Å²) >= 11 is 0. The van der Waals surface area contributed by atoms with Crippen LogP contribution < -0.4 is 0 Å². The maximum absolute atomic E-state index is 12.1. The predicted octanol–water partition coefficient (Wildman–Crippen LogP) is 0.165. The summed E-state index contributed by atoms with van der Waals surface area (Å²) in [5.41, 5.74) is 0.764. The predicted molar refractivity (Wildman–Crippen MR) is 69.5 cm³/mol. The first-order chi connectivity index (χ1) is 8.84. The van der Waals surface area contributed by atoms with Gasteiger partial charge in [-0.05, 0) is 11.6 Å². The summed E-state index contributed by atoms with van der Waals surface area (Å²) in [6.07, 6.45) is 2.97. The van der Waals surface area contributed by atoms with Gasteiger partial charge in [-0.1, -0.05) is 6.07 Å². The Kier molecular flexibility index (Phi) is 5.40. The van der Waals surface area contributed by atoms with Gasteiger partial charge in [0.15, 0.2) is 0 Å². The lowest BCUT2D eigenvalue weighted by molar-refractivity contribution is -0.137. The molecule has 1 N–H and O–H groups in total. The molecule has 19 heavy (non-hydrogen) atoms. The average Bonchev–Trinajstić information content (AvgIpc) is 2.36. The molecule has 7 nitrogen and oxygen atoms in total. The number of aliphatic carboxylic acids is 1. The Labute approximate surface area is 112 Å². The highest BCUT2D eigenvalue weighted by molar-refractivity contribution is 7.86. The first-order valence-electron chi connectivity index (χ1n) is 5.62. The molecular formula is C11H17N3O4S. The summed E-state index contributed by atoms with van der Waals surface area (Å²) in [4.78, 5) is 14.4. The van der Waals surface area contributed by atoms with Crippen LogP contribution in [0, 0.1) is 0 Å². The molecule has 0 saturated heterocycles. The van der Waals surface area contributed by atoms with Gasteiger partial charge in [0.25, 0.3) is 10.2 Å². The van der Waals surface area contributed by atoms with Gasteiger partial charge in [0.05, 0.1) is 6.42 Å². The standard InChI is InChI=1S/C11H17N3O4S/c1-13(7-5-11(15)16)19(17,18)14(2)9-10-4-3-6-12-8-10/h3-4,6,8H,5,7,9H2,1-2H3,(H,15,16). The van der Waals surface area contributed by atoms with Crippen molar-refractivity contribution in [3.05, 3.63) is 30.1 Å². The second-order valence-corrected chi connectivity index (χ2v) is 6.23. The van der Waals surface area contributed by atoms with Gasteiger partial charge in [-0.15, -0.1) is 0 Å². The Morgan fingerprint density at radius 3 is 2.58 bits per heavy atom. The van der Waals surface area contributed by atoms with Gasteiger partial charge < -0.3 is 5.11 Å². The lowest BCUT2D eigenvalue weighted by atomic mass is 10.3. The zero-order valence-corrected chi connectivity index (χ0v) is 11.7. The van der Waals surface area contributed by atoms with Gasteiger partial charge in [0, 0.05) is 39.6 Å². The van der Waals surface area contributed by atoms with Crippen LogP contribution in [0.3, 0.4) is 0 Å². The van der Waals surface area contributed by atoms with E-state index in [4.69, 9.17) is 5.11 Å². The van der Waals surface area contributed by atoms with Crippen LogP contribution in [0.1, 0.15) is 12.0 Å². The number of hydrogen-bond acceptors (Lipinski definition) is 4. The van der Waals surface area contributed by atoms with E-state index in [0.717, 1.165) is 14.2 Å². The fraction of sp³-hybridized carbons (Fsp3) is 0.455. The maximum atomic E-state index is 12.1. The van der Waals surface area contributed by atoms with Gasteiger partial charge >= 0.3 is 5.97 Å². The summed E-state index contributed by atoms with van der Waals surface area (Å²) < 4.78 is 26.4. The summed E-state index contributed by atoms with van der Waals surface area (Å²) in [7, 11) is -0.854. The first kappa shape index (κ1) is 15.5. The van der Waals surface area contributed by atoms with Crippen LogP contribution in [0.25, 0.3) is 0 Å². The molecule has 0 radical (unpaired) electrons. The molecule has 0 aliphatic heterocycles. The number of rotatable bonds is 7. The molecule has 106 valence electrons. The largest absolute Gasteiger partial charge is 0.481 e. The Morgan fingerprint density at radius 1 is 1.37 bits per heavy atom. The molecule has 0 fully saturated rings. The summed E-state index contributed by atoms with van der Waals surface area (Å²) in [6.45, 7) is 0.128. The van der Waals surface area contributed by atoms with E-state index in [1.54, 1.807) is 24.5 Å². The third-order valence-corrected chi connectivity index (χ3v) is 4.44. The Hall–Kier alpha value is -1.51. The van der Waals surface area contributed by atoms with Crippen LogP contribution in [0.4, 0.5) is 0 Å². The number of aromatic nitrogens is 1. The van der Waals surface area contributed by atoms with Gasteiger partial charge in [0.1, 0.15) is 0 Å². The zero-order valence-electron chi connectivity index (χ0n) is 10.9. The van der Waals surface area contributed by atoms with E-state index in [0.29, 0.717) is 0 Å². The molecule has 0 unspecified atom stereocenters. The number of nitrogens with zero attached hydrogens (tertiary/aromatic N) is 3. The van der Waals surface area contributed by atoms with Crippen molar-refractivity contribution in [3.8, 4) is 0 Å². The van der Waals surface area contributed by atoms with Gasteiger partial charge in [0.2, 0.25) is 0 Å². The summed E-state index contributed by atoms with van der Waals surface area (Å²) in [5.74, 6) is -1.03. The van der Waals surface area contributed by atoms with Crippen molar-refractivity contribution in [2.75, 3.05) is 20.6 Å². The Balaban J connectivity index is 2.68. The summed E-state index contributed by atoms with van der Waals surface area (Å²) in [6, 6.07) is 3.50. The van der Waals surface area contributed by atoms with E-state index >= 15 is 0 Å². The Morgan fingerprint density at radius 2 is 2.05 bits per heavy atom. The van der Waals surface area contributed by atoms with Crippen LogP contribution >= 0.6 is 0 Å². The van der Waals surface area contributed by atoms with E-state index in [-0.39, 0.29) is 19.5 Å². The monoisotopic (exact) mass is 287 g/mol. The molecule has 0 atom stereocenters.